The van der Waals surface area contributed by atoms with E-state index in [1.54, 1.807) is 0 Å². The van der Waals surface area contributed by atoms with Crippen molar-refractivity contribution in [3.05, 3.63) is 307 Å². The van der Waals surface area contributed by atoms with Crippen molar-refractivity contribution in [3.8, 4) is 68.0 Å². The van der Waals surface area contributed by atoms with Crippen LogP contribution in [0.5, 0.6) is 11.5 Å². The Morgan fingerprint density at radius 2 is 0.789 bits per heavy atom. The number of aromatic nitrogens is 3. The lowest BCUT2D eigenvalue weighted by atomic mass is 9.34. The molecule has 2 aliphatic heterocycles. The molecule has 0 aliphatic carbocycles. The fourth-order valence-corrected chi connectivity index (χ4v) is 17.9. The Kier molecular flexibility index (Phi) is 14.3. The average Bonchev–Trinajstić information content (AvgIpc) is 1.65. The number of anilines is 3. The van der Waals surface area contributed by atoms with Gasteiger partial charge in [-0.2, -0.15) is 5.26 Å². The van der Waals surface area contributed by atoms with Crippen LogP contribution in [0.1, 0.15) is 111 Å². The van der Waals surface area contributed by atoms with Gasteiger partial charge in [0.05, 0.1) is 72.9 Å². The number of ether oxygens (including phenoxy) is 1. The standard InChI is InChI=1S/C101H82BN5O2/c1-98(2,3)64-40-45-82-75(50-64)76-51-65(99(4,5)6)41-46-83(76)104(82)68-54-90-94-92(55-68)109-96-80(57-89(93-72-34-23-25-38-91(72)108-97(93)96)106-81-37-24-22-33-71(81)74-49-60(59-103)39-44-84(74)106)102(94)79-56-73(63-31-20-15-21-32-63)87(105-85-47-42-66(100(7,8)9)52-77(85)78-53-67(101(10,11)12)43-48-86(78)105)58-88(79)107(90)95-69(61-27-16-13-17-28-61)35-26-36-70(95)62-29-18-14-19-30-62/h13-58H,1-12H3. The number of furan rings is 1. The van der Waals surface area contributed by atoms with Gasteiger partial charge in [-0.25, -0.2) is 0 Å². The van der Waals surface area contributed by atoms with Crippen molar-refractivity contribution in [1.29, 1.82) is 5.26 Å². The van der Waals surface area contributed by atoms with Crippen molar-refractivity contribution in [2.45, 2.75) is 105 Å². The molecule has 0 radical (unpaired) electrons. The summed E-state index contributed by atoms with van der Waals surface area (Å²) in [6.07, 6.45) is 0. The fourth-order valence-electron chi connectivity index (χ4n) is 17.9. The van der Waals surface area contributed by atoms with E-state index in [-0.39, 0.29) is 21.7 Å². The van der Waals surface area contributed by atoms with Gasteiger partial charge >= 0.3 is 0 Å². The zero-order valence-corrected chi connectivity index (χ0v) is 63.7. The number of benzene rings is 14. The maximum absolute atomic E-state index is 10.5. The monoisotopic (exact) mass is 1410 g/mol. The molecule has 0 saturated heterocycles. The molecule has 109 heavy (non-hydrogen) atoms. The predicted molar refractivity (Wildman–Crippen MR) is 458 cm³/mol. The third kappa shape index (κ3) is 10.2. The first-order valence-electron chi connectivity index (χ1n) is 38.3. The highest BCUT2D eigenvalue weighted by Crippen LogP contribution is 2.54. The molecule has 14 aromatic carbocycles. The minimum atomic E-state index is -0.479. The van der Waals surface area contributed by atoms with Crippen LogP contribution in [0.3, 0.4) is 0 Å². The van der Waals surface area contributed by atoms with Gasteiger partial charge in [-0.15, -0.1) is 0 Å². The molecule has 4 aromatic heterocycles. The van der Waals surface area contributed by atoms with Gasteiger partial charge in [-0.05, 0) is 174 Å². The molecule has 0 amide bonds. The molecule has 0 N–H and O–H groups in total. The second-order valence-corrected chi connectivity index (χ2v) is 34.4. The first kappa shape index (κ1) is 65.9. The van der Waals surface area contributed by atoms with E-state index >= 15 is 0 Å². The van der Waals surface area contributed by atoms with Gasteiger partial charge in [-0.1, -0.05) is 259 Å². The topological polar surface area (TPSA) is 64.2 Å². The summed E-state index contributed by atoms with van der Waals surface area (Å²) in [4.78, 5) is 2.64. The summed E-state index contributed by atoms with van der Waals surface area (Å²) in [5, 5.41) is 19.3. The fraction of sp³-hybridized carbons (Fsp3) is 0.158. The highest BCUT2D eigenvalue weighted by atomic mass is 16.5. The Hall–Kier alpha value is -12.6. The molecule has 2 aliphatic rings. The van der Waals surface area contributed by atoms with Gasteiger partial charge in [0.2, 0.25) is 0 Å². The molecule has 0 saturated carbocycles. The van der Waals surface area contributed by atoms with E-state index in [0.29, 0.717) is 16.9 Å². The maximum Gasteiger partial charge on any atom is 0.256 e. The molecule has 0 bridgehead atoms. The number of para-hydroxylation sites is 3. The van der Waals surface area contributed by atoms with E-state index in [2.05, 4.69) is 375 Å². The molecule has 0 unspecified atom stereocenters. The molecule has 7 nitrogen and oxygen atoms in total. The molecular formula is C101H82BN5O2. The highest BCUT2D eigenvalue weighted by molar-refractivity contribution is 6.99. The van der Waals surface area contributed by atoms with Gasteiger partial charge < -0.3 is 27.8 Å². The lowest BCUT2D eigenvalue weighted by Gasteiger charge is -2.42. The minimum Gasteiger partial charge on any atom is -0.454 e. The summed E-state index contributed by atoms with van der Waals surface area (Å²) in [5.74, 6) is 1.40. The van der Waals surface area contributed by atoms with Crippen molar-refractivity contribution in [2.75, 3.05) is 4.90 Å². The van der Waals surface area contributed by atoms with Crippen LogP contribution in [-0.2, 0) is 21.7 Å². The summed E-state index contributed by atoms with van der Waals surface area (Å²) in [6.45, 7) is 27.3. The molecule has 20 rings (SSSR count). The Morgan fingerprint density at radius 1 is 0.339 bits per heavy atom. The van der Waals surface area contributed by atoms with Crippen LogP contribution in [0, 0.1) is 11.3 Å². The third-order valence-electron chi connectivity index (χ3n) is 23.5. The molecule has 0 fully saturated rings. The normalized spacial score (nSPS) is 13.2. The molecule has 0 spiro atoms. The summed E-state index contributed by atoms with van der Waals surface area (Å²) in [7, 11) is 0. The SMILES string of the molecule is CC(C)(C)c1ccc2c(c1)c1cc(C(C)(C)C)ccc1n2-c1cc2c3c(c1)N(c1c(-c4ccccc4)cccc1-c1ccccc1)c1cc(-n4c5ccc(C(C)(C)C)cc5c5cc(C(C)(C)C)ccc54)c(-c4ccccc4)cc1B3c1cc(-n3c4ccccc4c4cc(C#N)ccc43)c3c(oc4ccccc43)c1O2. The van der Waals surface area contributed by atoms with E-state index in [1.165, 1.54) is 43.8 Å². The summed E-state index contributed by atoms with van der Waals surface area (Å²) in [6, 6.07) is 107. The van der Waals surface area contributed by atoms with E-state index in [1.807, 2.05) is 12.1 Å². The van der Waals surface area contributed by atoms with Crippen molar-refractivity contribution in [1.82, 2.24) is 13.7 Å². The van der Waals surface area contributed by atoms with Crippen molar-refractivity contribution >= 4 is 128 Å². The summed E-state index contributed by atoms with van der Waals surface area (Å²) >= 11 is 0. The maximum atomic E-state index is 10.5. The van der Waals surface area contributed by atoms with Gasteiger partial charge in [0.15, 0.2) is 11.3 Å². The highest BCUT2D eigenvalue weighted by Gasteiger charge is 2.46. The molecule has 8 heteroatoms. The van der Waals surface area contributed by atoms with Gasteiger partial charge in [0, 0.05) is 71.8 Å². The molecule has 18 aromatic rings. The number of rotatable bonds is 7. The smallest absolute Gasteiger partial charge is 0.256 e. The Morgan fingerprint density at radius 3 is 1.31 bits per heavy atom. The van der Waals surface area contributed by atoms with Crippen molar-refractivity contribution in [2.24, 2.45) is 0 Å². The number of fused-ring (bicyclic) bond motifs is 17. The zero-order valence-electron chi connectivity index (χ0n) is 63.7. The second-order valence-electron chi connectivity index (χ2n) is 34.4. The number of hydrogen-bond donors (Lipinski definition) is 0. The molecular weight excluding hydrogens is 1330 g/mol. The van der Waals surface area contributed by atoms with E-state index in [9.17, 15) is 5.26 Å². The van der Waals surface area contributed by atoms with Crippen LogP contribution in [0.4, 0.5) is 17.1 Å². The van der Waals surface area contributed by atoms with Crippen LogP contribution in [0.25, 0.3) is 138 Å². The van der Waals surface area contributed by atoms with Crippen molar-refractivity contribution < 1.29 is 9.15 Å². The second kappa shape index (κ2) is 23.7. The molecule has 6 heterocycles. The Bertz CT molecular complexity index is 6730. The molecule has 526 valence electrons. The quantitative estimate of drug-likeness (QED) is 0.149. The number of nitrogens with zero attached hydrogens (tertiary/aromatic N) is 5. The Labute approximate surface area is 636 Å². The van der Waals surface area contributed by atoms with Crippen LogP contribution < -0.4 is 26.0 Å². The predicted octanol–water partition coefficient (Wildman–Crippen LogP) is 25.3. The number of hydrogen-bond acceptors (Lipinski definition) is 4. The minimum absolute atomic E-state index is 0.111. The van der Waals surface area contributed by atoms with Gasteiger partial charge in [-0.3, -0.25) is 0 Å². The zero-order chi connectivity index (χ0) is 74.5. The van der Waals surface area contributed by atoms with Crippen LogP contribution >= 0.6 is 0 Å². The van der Waals surface area contributed by atoms with E-state index in [0.717, 1.165) is 150 Å². The van der Waals surface area contributed by atoms with E-state index in [4.69, 9.17) is 9.15 Å². The lowest BCUT2D eigenvalue weighted by Crippen LogP contribution is -2.59. The lowest BCUT2D eigenvalue weighted by molar-refractivity contribution is 0.480. The van der Waals surface area contributed by atoms with E-state index < -0.39 is 6.71 Å². The van der Waals surface area contributed by atoms with Crippen LogP contribution in [-0.4, -0.2) is 20.4 Å². The third-order valence-corrected chi connectivity index (χ3v) is 23.5. The first-order chi connectivity index (χ1) is 52.5. The number of nitriles is 1. The summed E-state index contributed by atoms with van der Waals surface area (Å²) in [5.41, 5.74) is 28.8. The average molecular weight is 1410 g/mol. The van der Waals surface area contributed by atoms with Crippen LogP contribution in [0.15, 0.2) is 283 Å². The molecule has 0 atom stereocenters. The van der Waals surface area contributed by atoms with Crippen LogP contribution in [0.2, 0.25) is 0 Å². The summed E-state index contributed by atoms with van der Waals surface area (Å²) < 4.78 is 23.1. The first-order valence-corrected chi connectivity index (χ1v) is 38.3. The van der Waals surface area contributed by atoms with Gasteiger partial charge in [0.1, 0.15) is 11.3 Å². The van der Waals surface area contributed by atoms with Crippen molar-refractivity contribution in [3.63, 3.8) is 0 Å². The van der Waals surface area contributed by atoms with Gasteiger partial charge in [0.25, 0.3) is 6.71 Å². The Balaban J connectivity index is 0.994. The largest absolute Gasteiger partial charge is 0.454 e.